The molecule has 1 aromatic carbocycles. The lowest BCUT2D eigenvalue weighted by molar-refractivity contribution is -0.125. The highest BCUT2D eigenvalue weighted by Gasteiger charge is 2.28. The maximum absolute atomic E-state index is 11.5. The molecular formula is C15H19NOS. The van der Waals surface area contributed by atoms with E-state index in [2.05, 4.69) is 36.1 Å². The van der Waals surface area contributed by atoms with Gasteiger partial charge in [0.05, 0.1) is 0 Å². The Labute approximate surface area is 113 Å². The summed E-state index contributed by atoms with van der Waals surface area (Å²) in [5.74, 6) is 0.668. The fourth-order valence-corrected chi connectivity index (χ4v) is 4.27. The number of carbonyl (C=O) groups excluding carboxylic acids is 1. The van der Waals surface area contributed by atoms with Crippen LogP contribution in [0.3, 0.4) is 0 Å². The monoisotopic (exact) mass is 261 g/mol. The van der Waals surface area contributed by atoms with Crippen molar-refractivity contribution in [3.8, 4) is 0 Å². The maximum atomic E-state index is 11.5. The zero-order valence-electron chi connectivity index (χ0n) is 10.8. The van der Waals surface area contributed by atoms with Crippen LogP contribution in [-0.4, -0.2) is 35.6 Å². The topological polar surface area (TPSA) is 20.3 Å². The van der Waals surface area contributed by atoms with Gasteiger partial charge in [-0.1, -0.05) is 25.1 Å². The molecule has 2 unspecified atom stereocenters. The van der Waals surface area contributed by atoms with E-state index in [1.807, 2.05) is 11.8 Å². The summed E-state index contributed by atoms with van der Waals surface area (Å²) in [7, 11) is 0. The van der Waals surface area contributed by atoms with Crippen LogP contribution in [-0.2, 0) is 11.2 Å². The van der Waals surface area contributed by atoms with Crippen molar-refractivity contribution in [2.75, 3.05) is 19.6 Å². The lowest BCUT2D eigenvalue weighted by atomic mass is 9.98. The number of carbonyl (C=O) groups is 1. The van der Waals surface area contributed by atoms with Gasteiger partial charge < -0.3 is 4.90 Å². The molecule has 1 saturated heterocycles. The molecular weight excluding hydrogens is 242 g/mol. The Kier molecular flexibility index (Phi) is 3.44. The molecule has 18 heavy (non-hydrogen) atoms. The summed E-state index contributed by atoms with van der Waals surface area (Å²) in [6, 6.07) is 8.71. The Morgan fingerprint density at radius 2 is 2.22 bits per heavy atom. The number of rotatable bonds is 2. The summed E-state index contributed by atoms with van der Waals surface area (Å²) in [5, 5.41) is 0.669. The van der Waals surface area contributed by atoms with Gasteiger partial charge in [0.2, 0.25) is 0 Å². The van der Waals surface area contributed by atoms with Gasteiger partial charge in [0, 0.05) is 42.1 Å². The number of hydrogen-bond donors (Lipinski definition) is 0. The van der Waals surface area contributed by atoms with Gasteiger partial charge in [-0.2, -0.15) is 0 Å². The minimum Gasteiger partial charge on any atom is -0.301 e. The van der Waals surface area contributed by atoms with Crippen molar-refractivity contribution in [2.24, 2.45) is 5.92 Å². The smallest absolute Gasteiger partial charge is 0.138 e. The van der Waals surface area contributed by atoms with Crippen LogP contribution in [0.4, 0.5) is 0 Å². The molecule has 2 heterocycles. The van der Waals surface area contributed by atoms with E-state index in [1.165, 1.54) is 16.9 Å². The summed E-state index contributed by atoms with van der Waals surface area (Å²) < 4.78 is 0. The molecule has 0 bridgehead atoms. The first-order chi connectivity index (χ1) is 8.72. The number of hydrogen-bond acceptors (Lipinski definition) is 3. The Morgan fingerprint density at radius 3 is 3.00 bits per heavy atom. The first kappa shape index (κ1) is 12.2. The molecule has 0 spiro atoms. The Morgan fingerprint density at radius 1 is 1.39 bits per heavy atom. The van der Waals surface area contributed by atoms with E-state index in [1.54, 1.807) is 0 Å². The Balaban J connectivity index is 1.58. The van der Waals surface area contributed by atoms with Crippen molar-refractivity contribution < 1.29 is 4.79 Å². The van der Waals surface area contributed by atoms with Crippen molar-refractivity contribution in [1.29, 1.82) is 0 Å². The van der Waals surface area contributed by atoms with Gasteiger partial charge in [0.15, 0.2) is 0 Å². The van der Waals surface area contributed by atoms with E-state index in [4.69, 9.17) is 0 Å². The second-order valence-corrected chi connectivity index (χ2v) is 6.77. The molecule has 0 saturated carbocycles. The predicted octanol–water partition coefficient (Wildman–Crippen LogP) is 2.61. The number of benzene rings is 1. The zero-order valence-corrected chi connectivity index (χ0v) is 11.6. The minimum atomic E-state index is 0.229. The van der Waals surface area contributed by atoms with Gasteiger partial charge >= 0.3 is 0 Å². The molecule has 1 fully saturated rings. The average Bonchev–Trinajstić information content (AvgIpc) is 2.76. The van der Waals surface area contributed by atoms with Crippen LogP contribution < -0.4 is 0 Å². The van der Waals surface area contributed by atoms with Crippen LogP contribution in [0.15, 0.2) is 29.2 Å². The number of fused-ring (bicyclic) bond motifs is 1. The highest BCUT2D eigenvalue weighted by molar-refractivity contribution is 8.00. The van der Waals surface area contributed by atoms with E-state index in [0.29, 0.717) is 11.0 Å². The predicted molar refractivity (Wildman–Crippen MR) is 75.0 cm³/mol. The molecule has 0 aliphatic carbocycles. The van der Waals surface area contributed by atoms with Crippen molar-refractivity contribution in [3.05, 3.63) is 29.8 Å². The number of piperidine rings is 1. The third-order valence-corrected chi connectivity index (χ3v) is 5.23. The summed E-state index contributed by atoms with van der Waals surface area (Å²) in [4.78, 5) is 15.4. The molecule has 3 rings (SSSR count). The summed E-state index contributed by atoms with van der Waals surface area (Å²) in [6.45, 7) is 5.09. The molecule has 2 atom stereocenters. The number of nitrogens with zero attached hydrogens (tertiary/aromatic N) is 1. The van der Waals surface area contributed by atoms with Crippen LogP contribution in [0.1, 0.15) is 18.9 Å². The molecule has 2 nitrogen and oxygen atoms in total. The van der Waals surface area contributed by atoms with Gasteiger partial charge in [0.25, 0.3) is 0 Å². The van der Waals surface area contributed by atoms with E-state index < -0.39 is 0 Å². The molecule has 96 valence electrons. The van der Waals surface area contributed by atoms with E-state index in [-0.39, 0.29) is 5.92 Å². The molecule has 0 aromatic heterocycles. The van der Waals surface area contributed by atoms with Crippen LogP contribution >= 0.6 is 11.8 Å². The molecule has 0 N–H and O–H groups in total. The van der Waals surface area contributed by atoms with E-state index in [0.717, 1.165) is 26.1 Å². The lowest BCUT2D eigenvalue weighted by Gasteiger charge is -2.31. The van der Waals surface area contributed by atoms with E-state index in [9.17, 15) is 4.79 Å². The van der Waals surface area contributed by atoms with Gasteiger partial charge in [0.1, 0.15) is 5.78 Å². The van der Waals surface area contributed by atoms with Crippen molar-refractivity contribution in [2.45, 2.75) is 29.9 Å². The Bertz CT molecular complexity index is 435. The second-order valence-electron chi connectivity index (χ2n) is 5.43. The highest BCUT2D eigenvalue weighted by atomic mass is 32.2. The molecule has 2 aliphatic rings. The lowest BCUT2D eigenvalue weighted by Crippen LogP contribution is -2.42. The molecule has 3 heteroatoms. The SMILES string of the molecule is CC1CN(CC2Cc3ccccc3S2)CCC1=O. The molecule has 0 amide bonds. The average molecular weight is 261 g/mol. The van der Waals surface area contributed by atoms with Crippen LogP contribution in [0, 0.1) is 5.92 Å². The first-order valence-electron chi connectivity index (χ1n) is 6.72. The quantitative estimate of drug-likeness (QED) is 0.816. The second kappa shape index (κ2) is 5.06. The van der Waals surface area contributed by atoms with Crippen LogP contribution in [0.5, 0.6) is 0 Å². The number of Topliss-reactive ketones (excluding diaryl/α,β-unsaturated/α-hetero) is 1. The Hall–Kier alpha value is -0.800. The molecule has 0 radical (unpaired) electrons. The van der Waals surface area contributed by atoms with E-state index >= 15 is 0 Å². The van der Waals surface area contributed by atoms with Crippen LogP contribution in [0.25, 0.3) is 0 Å². The van der Waals surface area contributed by atoms with Gasteiger partial charge in [-0.25, -0.2) is 0 Å². The van der Waals surface area contributed by atoms with Crippen molar-refractivity contribution in [3.63, 3.8) is 0 Å². The van der Waals surface area contributed by atoms with Gasteiger partial charge in [-0.15, -0.1) is 11.8 Å². The summed E-state index contributed by atoms with van der Waals surface area (Å²) in [6.07, 6.45) is 1.92. The fourth-order valence-electron chi connectivity index (χ4n) is 2.90. The summed E-state index contributed by atoms with van der Waals surface area (Å²) >= 11 is 2.01. The third kappa shape index (κ3) is 2.47. The number of likely N-dealkylation sites (tertiary alicyclic amines) is 1. The largest absolute Gasteiger partial charge is 0.301 e. The van der Waals surface area contributed by atoms with Crippen molar-refractivity contribution >= 4 is 17.5 Å². The fraction of sp³-hybridized carbons (Fsp3) is 0.533. The standard InChI is InChI=1S/C15H19NOS/c1-11-9-16(7-6-14(11)17)10-13-8-12-4-2-3-5-15(12)18-13/h2-5,11,13H,6-10H2,1H3. The van der Waals surface area contributed by atoms with Crippen LogP contribution in [0.2, 0.25) is 0 Å². The number of ketones is 1. The summed E-state index contributed by atoms with van der Waals surface area (Å²) in [5.41, 5.74) is 1.49. The van der Waals surface area contributed by atoms with Crippen molar-refractivity contribution in [1.82, 2.24) is 4.90 Å². The van der Waals surface area contributed by atoms with Gasteiger partial charge in [-0.3, -0.25) is 4.79 Å². The molecule has 1 aromatic rings. The first-order valence-corrected chi connectivity index (χ1v) is 7.60. The van der Waals surface area contributed by atoms with Gasteiger partial charge in [-0.05, 0) is 18.1 Å². The minimum absolute atomic E-state index is 0.229. The highest BCUT2D eigenvalue weighted by Crippen LogP contribution is 2.37. The molecule has 2 aliphatic heterocycles. The normalized spacial score (nSPS) is 28.4. The maximum Gasteiger partial charge on any atom is 0.138 e. The third-order valence-electron chi connectivity index (χ3n) is 3.93. The number of thioether (sulfide) groups is 1. The zero-order chi connectivity index (χ0) is 12.5.